The molecule has 6 N–H and O–H groups in total. The summed E-state index contributed by atoms with van der Waals surface area (Å²) >= 11 is 0. The van der Waals surface area contributed by atoms with Gasteiger partial charge in [0.1, 0.15) is 43.2 Å². The number of allylic oxidation sites excluding steroid dienone is 6. The molecule has 0 heterocycles. The second-order valence-corrected chi connectivity index (χ2v) is 17.3. The highest BCUT2D eigenvalue weighted by molar-refractivity contribution is 7.47. The number of carbonyl (C=O) groups is 2. The lowest BCUT2D eigenvalue weighted by Crippen LogP contribution is -2.64. The Morgan fingerprint density at radius 2 is 0.966 bits per heavy atom. The summed E-state index contributed by atoms with van der Waals surface area (Å²) < 4.78 is 33.5. The van der Waals surface area contributed by atoms with Crippen LogP contribution < -0.4 is 0 Å². The van der Waals surface area contributed by atoms with Gasteiger partial charge in [-0.1, -0.05) is 159 Å². The van der Waals surface area contributed by atoms with Gasteiger partial charge in [-0.3, -0.25) is 18.6 Å². The predicted molar refractivity (Wildman–Crippen MR) is 230 cm³/mol. The van der Waals surface area contributed by atoms with E-state index in [-0.39, 0.29) is 12.8 Å². The molecule has 0 spiro atoms. The van der Waals surface area contributed by atoms with Crippen LogP contribution in [0.25, 0.3) is 0 Å². The molecule has 6 atom stereocenters. The molecule has 0 amide bonds. The van der Waals surface area contributed by atoms with Crippen LogP contribution in [0.3, 0.4) is 0 Å². The smallest absolute Gasteiger partial charge is 0.462 e. The van der Waals surface area contributed by atoms with Gasteiger partial charge in [-0.05, 0) is 44.9 Å². The molecule has 14 heteroatoms. The molecule has 0 aromatic rings. The Morgan fingerprint density at radius 1 is 0.542 bits per heavy atom. The van der Waals surface area contributed by atoms with E-state index >= 15 is 0 Å². The number of rotatable bonds is 37. The number of hydrogen-bond acceptors (Lipinski definition) is 12. The minimum Gasteiger partial charge on any atom is -0.462 e. The average molecular weight is 861 g/mol. The van der Waals surface area contributed by atoms with E-state index in [0.717, 1.165) is 70.6 Å². The van der Waals surface area contributed by atoms with Gasteiger partial charge < -0.3 is 39.9 Å². The summed E-state index contributed by atoms with van der Waals surface area (Å²) in [6, 6.07) is 0. The summed E-state index contributed by atoms with van der Waals surface area (Å²) in [4.78, 5) is 35.7. The molecule has 0 aromatic heterocycles. The second kappa shape index (κ2) is 35.6. The number of phosphoric acid groups is 1. The molecule has 1 aliphatic carbocycles. The standard InChI is InChI=1S/C45H81O13P/c1-3-5-7-9-11-13-15-17-19-21-23-25-27-29-31-33-38(46)55-35-37(36-56-59(53,54)58-45-43(51)41(49)40(48)42(50)44(45)52)57-39(47)34-32-30-28-26-24-22-20-18-16-14-12-10-8-6-4-2/h6,8,12,14,18,20,37,40-45,48-52H,3-5,7,9-11,13,15-17,19,21-36H2,1-2H3,(H,53,54). The fourth-order valence-electron chi connectivity index (χ4n) is 6.83. The van der Waals surface area contributed by atoms with Crippen molar-refractivity contribution in [2.75, 3.05) is 13.2 Å². The van der Waals surface area contributed by atoms with Gasteiger partial charge in [0.15, 0.2) is 6.10 Å². The van der Waals surface area contributed by atoms with Crippen molar-refractivity contribution in [3.8, 4) is 0 Å². The summed E-state index contributed by atoms with van der Waals surface area (Å²) in [6.45, 7) is 3.17. The van der Waals surface area contributed by atoms with Crippen LogP contribution in [0, 0.1) is 0 Å². The number of carbonyl (C=O) groups excluding carboxylic acids is 2. The van der Waals surface area contributed by atoms with Crippen LogP contribution in [-0.4, -0.2) is 98.3 Å². The lowest BCUT2D eigenvalue weighted by Gasteiger charge is -2.41. The quantitative estimate of drug-likeness (QED) is 0.0150. The highest BCUT2D eigenvalue weighted by Gasteiger charge is 2.51. The second-order valence-electron chi connectivity index (χ2n) is 15.9. The fraction of sp³-hybridized carbons (Fsp3) is 0.822. The number of aliphatic hydroxyl groups is 5. The Kier molecular flexibility index (Phi) is 33.3. The molecule has 59 heavy (non-hydrogen) atoms. The Hall–Kier alpha value is -1.93. The summed E-state index contributed by atoms with van der Waals surface area (Å²) in [5.74, 6) is -1.12. The summed E-state index contributed by atoms with van der Waals surface area (Å²) in [5.41, 5.74) is 0. The lowest BCUT2D eigenvalue weighted by atomic mass is 9.85. The first kappa shape index (κ1) is 55.1. The van der Waals surface area contributed by atoms with Gasteiger partial charge in [-0.2, -0.15) is 0 Å². The monoisotopic (exact) mass is 861 g/mol. The molecule has 0 aliphatic heterocycles. The van der Waals surface area contributed by atoms with Crippen molar-refractivity contribution in [1.29, 1.82) is 0 Å². The molecule has 344 valence electrons. The molecular weight excluding hydrogens is 779 g/mol. The van der Waals surface area contributed by atoms with Gasteiger partial charge >= 0.3 is 19.8 Å². The highest BCUT2D eigenvalue weighted by Crippen LogP contribution is 2.47. The first-order chi connectivity index (χ1) is 28.4. The third kappa shape index (κ3) is 28.3. The SMILES string of the molecule is CCC=CCC=CCC=CCCCCCCCC(=O)OC(COC(=O)CCCCCCCCCCCCCCCCC)COP(=O)(O)OC1C(O)C(O)C(O)C(O)C1O. The summed E-state index contributed by atoms with van der Waals surface area (Å²) in [7, 11) is -5.12. The molecule has 0 saturated heterocycles. The lowest BCUT2D eigenvalue weighted by molar-refractivity contribution is -0.220. The topological polar surface area (TPSA) is 210 Å². The molecule has 0 aromatic carbocycles. The van der Waals surface area contributed by atoms with Crippen LogP contribution in [-0.2, 0) is 32.7 Å². The van der Waals surface area contributed by atoms with Crippen molar-refractivity contribution in [1.82, 2.24) is 0 Å². The van der Waals surface area contributed by atoms with E-state index < -0.39 is 75.7 Å². The van der Waals surface area contributed by atoms with Gasteiger partial charge in [-0.25, -0.2) is 4.57 Å². The van der Waals surface area contributed by atoms with Gasteiger partial charge in [-0.15, -0.1) is 0 Å². The zero-order valence-electron chi connectivity index (χ0n) is 36.3. The number of unbranched alkanes of at least 4 members (excludes halogenated alkanes) is 19. The van der Waals surface area contributed by atoms with Crippen LogP contribution in [0.15, 0.2) is 36.5 Å². The maximum absolute atomic E-state index is 12.8. The molecule has 1 saturated carbocycles. The fourth-order valence-corrected chi connectivity index (χ4v) is 7.80. The van der Waals surface area contributed by atoms with Crippen molar-refractivity contribution in [2.24, 2.45) is 0 Å². The van der Waals surface area contributed by atoms with Crippen LogP contribution in [0.5, 0.6) is 0 Å². The molecule has 1 aliphatic rings. The van der Waals surface area contributed by atoms with E-state index in [9.17, 15) is 44.6 Å². The molecular formula is C45H81O13P. The zero-order chi connectivity index (χ0) is 43.6. The van der Waals surface area contributed by atoms with Gasteiger partial charge in [0, 0.05) is 12.8 Å². The first-order valence-electron chi connectivity index (χ1n) is 22.8. The number of ether oxygens (including phenoxy) is 2. The Bertz CT molecular complexity index is 1180. The summed E-state index contributed by atoms with van der Waals surface area (Å²) in [6.07, 6.45) is 26.3. The Balaban J connectivity index is 2.47. The number of aliphatic hydroxyl groups excluding tert-OH is 5. The van der Waals surface area contributed by atoms with E-state index in [1.807, 2.05) is 0 Å². The van der Waals surface area contributed by atoms with Gasteiger partial charge in [0.05, 0.1) is 6.61 Å². The number of esters is 2. The zero-order valence-corrected chi connectivity index (χ0v) is 37.2. The number of phosphoric ester groups is 1. The first-order valence-corrected chi connectivity index (χ1v) is 24.3. The molecule has 1 rings (SSSR count). The summed E-state index contributed by atoms with van der Waals surface area (Å²) in [5, 5.41) is 50.1. The maximum atomic E-state index is 12.8. The Morgan fingerprint density at radius 3 is 1.47 bits per heavy atom. The van der Waals surface area contributed by atoms with Crippen molar-refractivity contribution < 1.29 is 63.1 Å². The molecule has 0 bridgehead atoms. The molecule has 1 fully saturated rings. The van der Waals surface area contributed by atoms with Gasteiger partial charge in [0.2, 0.25) is 0 Å². The van der Waals surface area contributed by atoms with E-state index in [1.165, 1.54) is 70.6 Å². The van der Waals surface area contributed by atoms with E-state index in [0.29, 0.717) is 12.8 Å². The third-order valence-electron chi connectivity index (χ3n) is 10.5. The molecule has 13 nitrogen and oxygen atoms in total. The van der Waals surface area contributed by atoms with E-state index in [4.69, 9.17) is 18.5 Å². The molecule has 6 unspecified atom stereocenters. The normalized spacial score (nSPS) is 22.6. The Labute approximate surface area is 355 Å². The largest absolute Gasteiger partial charge is 0.472 e. The minimum absolute atomic E-state index is 0.0785. The van der Waals surface area contributed by atoms with E-state index in [2.05, 4.69) is 50.3 Å². The third-order valence-corrected chi connectivity index (χ3v) is 11.5. The minimum atomic E-state index is -5.12. The van der Waals surface area contributed by atoms with Crippen molar-refractivity contribution in [3.05, 3.63) is 36.5 Å². The van der Waals surface area contributed by atoms with Gasteiger partial charge in [0.25, 0.3) is 0 Å². The van der Waals surface area contributed by atoms with Crippen molar-refractivity contribution in [2.45, 2.75) is 224 Å². The van der Waals surface area contributed by atoms with Crippen LogP contribution in [0.2, 0.25) is 0 Å². The van der Waals surface area contributed by atoms with Crippen molar-refractivity contribution >= 4 is 19.8 Å². The van der Waals surface area contributed by atoms with E-state index in [1.54, 1.807) is 0 Å². The maximum Gasteiger partial charge on any atom is 0.472 e. The van der Waals surface area contributed by atoms with Crippen molar-refractivity contribution in [3.63, 3.8) is 0 Å². The average Bonchev–Trinajstić information content (AvgIpc) is 3.21. The predicted octanol–water partition coefficient (Wildman–Crippen LogP) is 8.61. The number of hydrogen-bond donors (Lipinski definition) is 6. The molecule has 0 radical (unpaired) electrons. The highest BCUT2D eigenvalue weighted by atomic mass is 31.2. The van der Waals surface area contributed by atoms with Crippen LogP contribution in [0.1, 0.15) is 181 Å². The van der Waals surface area contributed by atoms with Crippen LogP contribution in [0.4, 0.5) is 0 Å². The van der Waals surface area contributed by atoms with Crippen LogP contribution >= 0.6 is 7.82 Å².